The minimum Gasteiger partial charge on any atom is -0.490 e. The fourth-order valence-corrected chi connectivity index (χ4v) is 3.54. The molecule has 4 aromatic rings. The molecule has 0 aromatic heterocycles. The Labute approximate surface area is 210 Å². The lowest BCUT2D eigenvalue weighted by molar-refractivity contribution is 0.102. The summed E-state index contributed by atoms with van der Waals surface area (Å²) in [5, 5.41) is 5.75. The number of carbonyl (C=O) groups is 2. The molecule has 0 heterocycles. The van der Waals surface area contributed by atoms with E-state index in [1.807, 2.05) is 62.4 Å². The molecule has 6 heteroatoms. The van der Waals surface area contributed by atoms with Crippen LogP contribution in [0, 0.1) is 13.8 Å². The molecule has 36 heavy (non-hydrogen) atoms. The van der Waals surface area contributed by atoms with Crippen molar-refractivity contribution < 1.29 is 19.1 Å². The number of ether oxygens (including phenoxy) is 2. The molecule has 0 atom stereocenters. The Bertz CT molecular complexity index is 1330. The third-order valence-corrected chi connectivity index (χ3v) is 5.67. The van der Waals surface area contributed by atoms with Crippen LogP contribution in [0.15, 0.2) is 97.1 Å². The zero-order chi connectivity index (χ0) is 25.3. The van der Waals surface area contributed by atoms with E-state index in [1.54, 1.807) is 48.5 Å². The topological polar surface area (TPSA) is 76.7 Å². The van der Waals surface area contributed by atoms with Gasteiger partial charge in [0.25, 0.3) is 11.8 Å². The molecule has 0 fully saturated rings. The van der Waals surface area contributed by atoms with Crippen LogP contribution < -0.4 is 20.1 Å². The van der Waals surface area contributed by atoms with Gasteiger partial charge >= 0.3 is 0 Å². The first-order chi connectivity index (χ1) is 17.5. The highest BCUT2D eigenvalue weighted by Gasteiger charge is 2.15. The van der Waals surface area contributed by atoms with Crippen LogP contribution in [0.5, 0.6) is 11.5 Å². The molecule has 0 unspecified atom stereocenters. The molecule has 4 rings (SSSR count). The molecule has 0 bridgehead atoms. The van der Waals surface area contributed by atoms with Gasteiger partial charge in [-0.05, 0) is 85.6 Å². The van der Waals surface area contributed by atoms with Crippen molar-refractivity contribution in [3.8, 4) is 11.5 Å². The Morgan fingerprint density at radius 1 is 0.639 bits per heavy atom. The summed E-state index contributed by atoms with van der Waals surface area (Å²) >= 11 is 0. The Kier molecular flexibility index (Phi) is 7.98. The maximum Gasteiger partial charge on any atom is 0.257 e. The van der Waals surface area contributed by atoms with Crippen LogP contribution in [0.2, 0.25) is 0 Å². The number of benzene rings is 4. The van der Waals surface area contributed by atoms with Gasteiger partial charge in [0.1, 0.15) is 24.7 Å². The van der Waals surface area contributed by atoms with Gasteiger partial charge in [0, 0.05) is 11.3 Å². The van der Waals surface area contributed by atoms with Gasteiger partial charge < -0.3 is 20.1 Å². The van der Waals surface area contributed by atoms with Gasteiger partial charge in [0.2, 0.25) is 0 Å². The zero-order valence-electron chi connectivity index (χ0n) is 20.3. The molecular weight excluding hydrogens is 452 g/mol. The van der Waals surface area contributed by atoms with Crippen molar-refractivity contribution in [2.75, 3.05) is 23.8 Å². The molecule has 182 valence electrons. The smallest absolute Gasteiger partial charge is 0.257 e. The molecule has 0 aliphatic heterocycles. The minimum absolute atomic E-state index is 0.296. The van der Waals surface area contributed by atoms with E-state index in [9.17, 15) is 9.59 Å². The molecule has 2 amide bonds. The minimum atomic E-state index is -0.319. The van der Waals surface area contributed by atoms with E-state index in [0.717, 1.165) is 16.9 Å². The molecule has 4 aromatic carbocycles. The summed E-state index contributed by atoms with van der Waals surface area (Å²) in [5.41, 5.74) is 4.20. The third kappa shape index (κ3) is 6.51. The zero-order valence-corrected chi connectivity index (χ0v) is 20.3. The Morgan fingerprint density at radius 3 is 1.97 bits per heavy atom. The van der Waals surface area contributed by atoms with Crippen molar-refractivity contribution in [2.24, 2.45) is 0 Å². The largest absolute Gasteiger partial charge is 0.490 e. The first-order valence-corrected chi connectivity index (χ1v) is 11.7. The van der Waals surface area contributed by atoms with Crippen molar-refractivity contribution >= 4 is 23.2 Å². The van der Waals surface area contributed by atoms with Crippen LogP contribution in [0.25, 0.3) is 0 Å². The van der Waals surface area contributed by atoms with Gasteiger partial charge in [-0.1, -0.05) is 36.4 Å². The summed E-state index contributed by atoms with van der Waals surface area (Å²) < 4.78 is 11.3. The second-order valence-electron chi connectivity index (χ2n) is 8.29. The number of carbonyl (C=O) groups excluding carboxylic acids is 2. The summed E-state index contributed by atoms with van der Waals surface area (Å²) in [6, 6.07) is 29.0. The molecule has 0 saturated heterocycles. The van der Waals surface area contributed by atoms with E-state index in [2.05, 4.69) is 10.6 Å². The number of para-hydroxylation sites is 2. The van der Waals surface area contributed by atoms with Gasteiger partial charge in [0.15, 0.2) is 0 Å². The number of aryl methyl sites for hydroxylation is 2. The number of nitrogens with one attached hydrogen (secondary N) is 2. The maximum absolute atomic E-state index is 12.9. The van der Waals surface area contributed by atoms with Crippen molar-refractivity contribution in [3.63, 3.8) is 0 Å². The van der Waals surface area contributed by atoms with Gasteiger partial charge in [-0.3, -0.25) is 9.59 Å². The maximum atomic E-state index is 12.9. The van der Waals surface area contributed by atoms with Gasteiger partial charge in [0.05, 0.1) is 11.3 Å². The Hall–Kier alpha value is -4.58. The average Bonchev–Trinajstić information content (AvgIpc) is 2.90. The molecule has 0 radical (unpaired) electrons. The predicted octanol–water partition coefficient (Wildman–Crippen LogP) is 6.27. The molecule has 0 aliphatic rings. The summed E-state index contributed by atoms with van der Waals surface area (Å²) in [6.07, 6.45) is 0. The fourth-order valence-electron chi connectivity index (χ4n) is 3.54. The molecule has 0 saturated carbocycles. The number of hydrogen-bond donors (Lipinski definition) is 2. The number of rotatable bonds is 9. The number of anilines is 2. The highest BCUT2D eigenvalue weighted by atomic mass is 16.5. The van der Waals surface area contributed by atoms with E-state index >= 15 is 0 Å². The number of amides is 2. The molecular formula is C30H28N2O4. The average molecular weight is 481 g/mol. The lowest BCUT2D eigenvalue weighted by atomic mass is 10.1. The highest BCUT2D eigenvalue weighted by Crippen LogP contribution is 2.21. The van der Waals surface area contributed by atoms with Crippen LogP contribution in [0.3, 0.4) is 0 Å². The van der Waals surface area contributed by atoms with E-state index in [-0.39, 0.29) is 11.8 Å². The third-order valence-electron chi connectivity index (χ3n) is 5.67. The van der Waals surface area contributed by atoms with Crippen molar-refractivity contribution in [3.05, 3.63) is 119 Å². The predicted molar refractivity (Wildman–Crippen MR) is 142 cm³/mol. The molecule has 0 aliphatic carbocycles. The second kappa shape index (κ2) is 11.7. The quantitative estimate of drug-likeness (QED) is 0.277. The van der Waals surface area contributed by atoms with Gasteiger partial charge in [-0.2, -0.15) is 0 Å². The van der Waals surface area contributed by atoms with E-state index in [1.165, 1.54) is 0 Å². The van der Waals surface area contributed by atoms with Crippen LogP contribution in [0.4, 0.5) is 11.4 Å². The first kappa shape index (κ1) is 24.5. The lowest BCUT2D eigenvalue weighted by Crippen LogP contribution is -2.18. The molecule has 6 nitrogen and oxygen atoms in total. The first-order valence-electron chi connectivity index (χ1n) is 11.7. The van der Waals surface area contributed by atoms with Crippen molar-refractivity contribution in [1.29, 1.82) is 0 Å². The Morgan fingerprint density at radius 2 is 1.28 bits per heavy atom. The molecule has 2 N–H and O–H groups in total. The van der Waals surface area contributed by atoms with E-state index < -0.39 is 0 Å². The van der Waals surface area contributed by atoms with Gasteiger partial charge in [-0.15, -0.1) is 0 Å². The molecule has 0 spiro atoms. The van der Waals surface area contributed by atoms with Crippen molar-refractivity contribution in [1.82, 2.24) is 0 Å². The standard InChI is InChI=1S/C30H28N2O4/c1-21-12-15-24(20-22(21)2)31-30(34)27-10-6-7-11-28(27)32-29(33)23-13-16-26(17-14-23)36-19-18-35-25-8-4-3-5-9-25/h3-17,20H,18-19H2,1-2H3,(H,31,34)(H,32,33). The summed E-state index contributed by atoms with van der Waals surface area (Å²) in [6.45, 7) is 4.80. The second-order valence-corrected chi connectivity index (χ2v) is 8.29. The lowest BCUT2D eigenvalue weighted by Gasteiger charge is -2.13. The summed E-state index contributed by atoms with van der Waals surface area (Å²) in [4.78, 5) is 25.8. The SMILES string of the molecule is Cc1ccc(NC(=O)c2ccccc2NC(=O)c2ccc(OCCOc3ccccc3)cc2)cc1C. The normalized spacial score (nSPS) is 10.4. The summed E-state index contributed by atoms with van der Waals surface area (Å²) in [7, 11) is 0. The Balaban J connectivity index is 1.34. The van der Waals surface area contributed by atoms with Crippen LogP contribution in [-0.4, -0.2) is 25.0 Å². The van der Waals surface area contributed by atoms with Crippen LogP contribution >= 0.6 is 0 Å². The van der Waals surface area contributed by atoms with Crippen molar-refractivity contribution in [2.45, 2.75) is 13.8 Å². The van der Waals surface area contributed by atoms with E-state index in [4.69, 9.17) is 9.47 Å². The van der Waals surface area contributed by atoms with Crippen LogP contribution in [0.1, 0.15) is 31.8 Å². The van der Waals surface area contributed by atoms with Gasteiger partial charge in [-0.25, -0.2) is 0 Å². The summed E-state index contributed by atoms with van der Waals surface area (Å²) in [5.74, 6) is 0.809. The van der Waals surface area contributed by atoms with Crippen LogP contribution in [-0.2, 0) is 0 Å². The fraction of sp³-hybridized carbons (Fsp3) is 0.133. The monoisotopic (exact) mass is 480 g/mol. The highest BCUT2D eigenvalue weighted by molar-refractivity contribution is 6.12. The van der Waals surface area contributed by atoms with E-state index in [0.29, 0.717) is 41.5 Å². The number of hydrogen-bond acceptors (Lipinski definition) is 4.